The number of hydrogen-bond acceptors (Lipinski definition) is 6. The van der Waals surface area contributed by atoms with Crippen molar-refractivity contribution in [1.82, 2.24) is 0 Å². The zero-order valence-corrected chi connectivity index (χ0v) is 23.0. The lowest BCUT2D eigenvalue weighted by Gasteiger charge is -2.50. The van der Waals surface area contributed by atoms with Crippen molar-refractivity contribution in [2.45, 2.75) is 89.6 Å². The molecule has 1 aliphatic rings. The van der Waals surface area contributed by atoms with Crippen LogP contribution in [-0.2, 0) is 22.8 Å². The summed E-state index contributed by atoms with van der Waals surface area (Å²) in [5.41, 5.74) is 0. The number of aliphatic hydroxyl groups is 1. The van der Waals surface area contributed by atoms with Crippen molar-refractivity contribution in [3.8, 4) is 0 Å². The zero-order chi connectivity index (χ0) is 21.0. The Morgan fingerprint density at radius 1 is 0.778 bits per heavy atom. The van der Waals surface area contributed by atoms with Crippen LogP contribution in [0, 0.1) is 0 Å². The summed E-state index contributed by atoms with van der Waals surface area (Å²) in [4.78, 5) is 0. The molecule has 0 spiro atoms. The Balaban J connectivity index is 3.30. The van der Waals surface area contributed by atoms with E-state index < -0.39 is 37.3 Å². The lowest BCUT2D eigenvalue weighted by atomic mass is 9.99. The number of aliphatic hydroxyl groups excluding tert-OH is 1. The minimum absolute atomic E-state index is 0.144. The third-order valence-electron chi connectivity index (χ3n) is 3.60. The maximum absolute atomic E-state index is 10.0. The van der Waals surface area contributed by atoms with Gasteiger partial charge in [-0.2, -0.15) is 0 Å². The predicted molar refractivity (Wildman–Crippen MR) is 120 cm³/mol. The van der Waals surface area contributed by atoms with Gasteiger partial charge >= 0.3 is 0 Å². The highest BCUT2D eigenvalue weighted by Gasteiger charge is 2.51. The summed E-state index contributed by atoms with van der Waals surface area (Å²) in [6.45, 7) is 19.7. The zero-order valence-electron chi connectivity index (χ0n) is 18.4. The van der Waals surface area contributed by atoms with Crippen LogP contribution in [0.2, 0.25) is 58.9 Å². The van der Waals surface area contributed by atoms with E-state index in [-0.39, 0.29) is 24.9 Å². The van der Waals surface area contributed by atoms with E-state index in [0.29, 0.717) is 11.9 Å². The molecule has 0 aromatic heterocycles. The predicted octanol–water partition coefficient (Wildman–Crippen LogP) is 3.78. The van der Waals surface area contributed by atoms with Crippen LogP contribution in [0.4, 0.5) is 0 Å². The van der Waals surface area contributed by atoms with Gasteiger partial charge in [0.05, 0.1) is 13.2 Å². The number of hydrogen-bond donors (Lipinski definition) is 1. The molecule has 0 amide bonds. The molecule has 0 aromatic rings. The monoisotopic (exact) mass is 502 g/mol. The quantitative estimate of drug-likeness (QED) is 0.362. The van der Waals surface area contributed by atoms with E-state index >= 15 is 0 Å². The summed E-state index contributed by atoms with van der Waals surface area (Å²) in [6.07, 6.45) is -2.18. The van der Waals surface area contributed by atoms with Crippen molar-refractivity contribution in [3.63, 3.8) is 0 Å². The first-order valence-electron chi connectivity index (χ1n) is 9.64. The van der Waals surface area contributed by atoms with Crippen molar-refractivity contribution in [2.75, 3.05) is 18.5 Å². The normalized spacial score (nSPS) is 30.6. The van der Waals surface area contributed by atoms with E-state index in [1.54, 1.807) is 0 Å². The Labute approximate surface area is 176 Å². The first kappa shape index (κ1) is 25.9. The highest BCUT2D eigenvalue weighted by Crippen LogP contribution is 2.33. The van der Waals surface area contributed by atoms with Crippen LogP contribution in [0.1, 0.15) is 0 Å². The molecule has 1 rings (SSSR count). The van der Waals surface area contributed by atoms with Gasteiger partial charge < -0.3 is 27.9 Å². The Hall–Kier alpha value is 0.891. The fourth-order valence-electron chi connectivity index (χ4n) is 2.95. The molecule has 162 valence electrons. The third kappa shape index (κ3) is 9.49. The molecule has 0 bridgehead atoms. The van der Waals surface area contributed by atoms with Crippen LogP contribution in [-0.4, -0.2) is 79.3 Å². The van der Waals surface area contributed by atoms with Gasteiger partial charge in [0.15, 0.2) is 31.2 Å². The Kier molecular flexibility index (Phi) is 9.86. The van der Waals surface area contributed by atoms with Gasteiger partial charge in [-0.25, -0.2) is 0 Å². The number of rotatable bonds is 10. The number of ether oxygens (including phenoxy) is 2. The van der Waals surface area contributed by atoms with E-state index in [1.165, 1.54) is 0 Å². The van der Waals surface area contributed by atoms with Crippen LogP contribution < -0.4 is 0 Å². The Bertz CT molecular complexity index is 449. The summed E-state index contributed by atoms with van der Waals surface area (Å²) in [5.74, 6) is 0. The Morgan fingerprint density at radius 3 is 1.63 bits per heavy atom. The van der Waals surface area contributed by atoms with E-state index in [1.807, 2.05) is 0 Å². The number of alkyl halides is 1. The second kappa shape index (κ2) is 10.3. The standard InChI is InChI=1S/C17H39BrO6Si3/c1-25(2,3)22-14-13(12-19)21-17(20-11-10-18)16(24-27(7,8)9)15(14)23-26(4,5)6/h13-17,19H,10-12H2,1-9H3/t13?,14-,15?,16-,17+/m1/s1. The molecule has 0 saturated carbocycles. The van der Waals surface area contributed by atoms with Crippen molar-refractivity contribution in [3.05, 3.63) is 0 Å². The van der Waals surface area contributed by atoms with Crippen LogP contribution >= 0.6 is 15.9 Å². The topological polar surface area (TPSA) is 66.4 Å². The average Bonchev–Trinajstić information content (AvgIpc) is 2.45. The molecule has 0 aliphatic carbocycles. The lowest BCUT2D eigenvalue weighted by molar-refractivity contribution is -0.289. The summed E-state index contributed by atoms with van der Waals surface area (Å²) in [6, 6.07) is 0. The molecular weight excluding hydrogens is 464 g/mol. The third-order valence-corrected chi connectivity index (χ3v) is 6.86. The first-order valence-corrected chi connectivity index (χ1v) is 21.0. The molecular formula is C17H39BrO6Si3. The molecule has 10 heteroatoms. The van der Waals surface area contributed by atoms with Crippen molar-refractivity contribution < 1.29 is 27.9 Å². The smallest absolute Gasteiger partial charge is 0.185 e. The van der Waals surface area contributed by atoms with Crippen molar-refractivity contribution in [2.24, 2.45) is 0 Å². The van der Waals surface area contributed by atoms with Gasteiger partial charge in [-0.1, -0.05) is 15.9 Å². The van der Waals surface area contributed by atoms with Gasteiger partial charge in [0.25, 0.3) is 0 Å². The molecule has 1 saturated heterocycles. The largest absolute Gasteiger partial charge is 0.409 e. The minimum Gasteiger partial charge on any atom is -0.409 e. The summed E-state index contributed by atoms with van der Waals surface area (Å²) in [5, 5.41) is 10.7. The minimum atomic E-state index is -1.91. The highest BCUT2D eigenvalue weighted by molar-refractivity contribution is 9.09. The van der Waals surface area contributed by atoms with E-state index in [4.69, 9.17) is 22.8 Å². The van der Waals surface area contributed by atoms with E-state index in [9.17, 15) is 5.11 Å². The molecule has 0 radical (unpaired) electrons. The maximum Gasteiger partial charge on any atom is 0.185 e. The van der Waals surface area contributed by atoms with Crippen LogP contribution in [0.15, 0.2) is 0 Å². The fourth-order valence-corrected chi connectivity index (χ4v) is 6.38. The first-order chi connectivity index (χ1) is 12.2. The molecule has 6 nitrogen and oxygen atoms in total. The van der Waals surface area contributed by atoms with E-state index in [0.717, 1.165) is 0 Å². The molecule has 5 atom stereocenters. The van der Waals surface area contributed by atoms with Crippen molar-refractivity contribution >= 4 is 40.9 Å². The van der Waals surface area contributed by atoms with Crippen LogP contribution in [0.5, 0.6) is 0 Å². The fraction of sp³-hybridized carbons (Fsp3) is 1.00. The number of halogens is 1. The summed E-state index contributed by atoms with van der Waals surface area (Å²) in [7, 11) is -5.72. The second-order valence-corrected chi connectivity index (χ2v) is 24.0. The van der Waals surface area contributed by atoms with Gasteiger partial charge in [-0.3, -0.25) is 0 Å². The molecule has 1 fully saturated rings. The van der Waals surface area contributed by atoms with Gasteiger partial charge in [-0.05, 0) is 58.9 Å². The van der Waals surface area contributed by atoms with Gasteiger partial charge in [0, 0.05) is 5.33 Å². The molecule has 2 unspecified atom stereocenters. The summed E-state index contributed by atoms with van der Waals surface area (Å²) < 4.78 is 31.6. The Morgan fingerprint density at radius 2 is 1.22 bits per heavy atom. The van der Waals surface area contributed by atoms with Gasteiger partial charge in [0.2, 0.25) is 0 Å². The van der Waals surface area contributed by atoms with Crippen molar-refractivity contribution in [1.29, 1.82) is 0 Å². The second-order valence-electron chi connectivity index (χ2n) is 9.87. The van der Waals surface area contributed by atoms with Gasteiger partial charge in [0.1, 0.15) is 24.4 Å². The molecule has 1 aliphatic heterocycles. The molecule has 1 heterocycles. The lowest BCUT2D eigenvalue weighted by Crippen LogP contribution is -2.66. The molecule has 27 heavy (non-hydrogen) atoms. The SMILES string of the molecule is C[Si](C)(C)OC1[C@H](O[Si](C)(C)C)C(CO)O[C@H](OCCBr)[C@@H]1O[Si](C)(C)C. The van der Waals surface area contributed by atoms with Crippen LogP contribution in [0.3, 0.4) is 0 Å². The molecule has 0 aromatic carbocycles. The highest BCUT2D eigenvalue weighted by atomic mass is 79.9. The average molecular weight is 504 g/mol. The summed E-state index contributed by atoms with van der Waals surface area (Å²) >= 11 is 3.40. The van der Waals surface area contributed by atoms with E-state index in [2.05, 4.69) is 74.9 Å². The van der Waals surface area contributed by atoms with Crippen LogP contribution in [0.25, 0.3) is 0 Å². The van der Waals surface area contributed by atoms with Gasteiger partial charge in [-0.15, -0.1) is 0 Å². The maximum atomic E-state index is 10.0. The molecule has 1 N–H and O–H groups in total.